The number of hydrogen-bond donors (Lipinski definition) is 1. The fourth-order valence-corrected chi connectivity index (χ4v) is 1.96. The Morgan fingerprint density at radius 1 is 1.21 bits per heavy atom. The van der Waals surface area contributed by atoms with Crippen molar-refractivity contribution in [1.82, 2.24) is 25.5 Å². The molecule has 2 rings (SSSR count). The van der Waals surface area contributed by atoms with E-state index in [2.05, 4.69) is 20.6 Å². The van der Waals surface area contributed by atoms with E-state index in [4.69, 9.17) is 9.05 Å². The van der Waals surface area contributed by atoms with Crippen molar-refractivity contribution < 1.29 is 13.8 Å². The van der Waals surface area contributed by atoms with Gasteiger partial charge in [0.2, 0.25) is 5.89 Å². The Balaban J connectivity index is 1.76. The number of nitrogens with zero attached hydrogens (tertiary/aromatic N) is 4. The molecule has 0 radical (unpaired) electrons. The van der Waals surface area contributed by atoms with Gasteiger partial charge in [0.15, 0.2) is 5.82 Å². The topological polar surface area (TPSA) is 97.3 Å². The molecule has 24 heavy (non-hydrogen) atoms. The summed E-state index contributed by atoms with van der Waals surface area (Å²) in [7, 11) is 1.72. The van der Waals surface area contributed by atoms with Crippen LogP contribution in [-0.2, 0) is 13.0 Å². The summed E-state index contributed by atoms with van der Waals surface area (Å²) in [6, 6.07) is 1.68. The van der Waals surface area contributed by atoms with Gasteiger partial charge >= 0.3 is 6.03 Å². The highest BCUT2D eigenvalue weighted by Gasteiger charge is 2.14. The van der Waals surface area contributed by atoms with Gasteiger partial charge in [-0.25, -0.2) is 4.79 Å². The lowest BCUT2D eigenvalue weighted by Crippen LogP contribution is -2.38. The van der Waals surface area contributed by atoms with E-state index in [0.29, 0.717) is 36.9 Å². The predicted octanol–water partition coefficient (Wildman–Crippen LogP) is 2.69. The Morgan fingerprint density at radius 2 is 1.96 bits per heavy atom. The minimum absolute atomic E-state index is 0.184. The molecule has 0 bridgehead atoms. The molecule has 2 aromatic heterocycles. The van der Waals surface area contributed by atoms with Gasteiger partial charge in [-0.1, -0.05) is 38.0 Å². The first-order valence-electron chi connectivity index (χ1n) is 8.13. The average Bonchev–Trinajstić information content (AvgIpc) is 3.19. The second-order valence-corrected chi connectivity index (χ2v) is 6.41. The summed E-state index contributed by atoms with van der Waals surface area (Å²) < 4.78 is 10.4. The summed E-state index contributed by atoms with van der Waals surface area (Å²) in [5.41, 5.74) is 0.709. The van der Waals surface area contributed by atoms with Crippen molar-refractivity contribution in [2.45, 2.75) is 52.5 Å². The molecule has 0 saturated carbocycles. The number of nitrogens with one attached hydrogen (secondary N) is 1. The van der Waals surface area contributed by atoms with Crippen LogP contribution in [0.4, 0.5) is 4.79 Å². The zero-order chi connectivity index (χ0) is 17.7. The number of rotatable bonds is 7. The van der Waals surface area contributed by atoms with E-state index >= 15 is 0 Å². The molecular formula is C16H25N5O3. The molecule has 2 heterocycles. The Morgan fingerprint density at radius 3 is 2.54 bits per heavy atom. The van der Waals surface area contributed by atoms with Crippen molar-refractivity contribution >= 4 is 6.03 Å². The van der Waals surface area contributed by atoms with E-state index in [0.717, 1.165) is 5.76 Å². The number of carbonyl (C=O) groups is 1. The van der Waals surface area contributed by atoms with E-state index in [1.807, 2.05) is 33.8 Å². The first-order chi connectivity index (χ1) is 11.4. The summed E-state index contributed by atoms with van der Waals surface area (Å²) in [5, 5.41) is 10.7. The Labute approximate surface area is 141 Å². The van der Waals surface area contributed by atoms with Gasteiger partial charge in [0.1, 0.15) is 11.5 Å². The molecule has 2 aromatic rings. The number of hydrogen-bond acceptors (Lipinski definition) is 6. The van der Waals surface area contributed by atoms with E-state index < -0.39 is 0 Å². The minimum Gasteiger partial charge on any atom is -0.361 e. The van der Waals surface area contributed by atoms with Gasteiger partial charge in [0, 0.05) is 37.9 Å². The van der Waals surface area contributed by atoms with Crippen LogP contribution in [0.1, 0.15) is 62.7 Å². The van der Waals surface area contributed by atoms with Gasteiger partial charge in [0.05, 0.1) is 6.54 Å². The first kappa shape index (κ1) is 18.0. The fraction of sp³-hybridized carbons (Fsp3) is 0.625. The van der Waals surface area contributed by atoms with Gasteiger partial charge in [-0.15, -0.1) is 0 Å². The number of likely N-dealkylation sites (N-methyl/N-ethyl adjacent to an activating group) is 1. The molecule has 8 nitrogen and oxygen atoms in total. The standard InChI is InChI=1S/C16H25N5O3/c1-10(2)13-8-12(19-23-13)9-17-16(22)21(5)7-6-14-18-15(11(3)4)24-20-14/h8,10-11H,6-7,9H2,1-5H3,(H,17,22). The van der Waals surface area contributed by atoms with E-state index in [9.17, 15) is 4.79 Å². The molecule has 0 aliphatic carbocycles. The average molecular weight is 335 g/mol. The highest BCUT2D eigenvalue weighted by atomic mass is 16.5. The smallest absolute Gasteiger partial charge is 0.317 e. The van der Waals surface area contributed by atoms with Crippen LogP contribution in [0.5, 0.6) is 0 Å². The van der Waals surface area contributed by atoms with Crippen molar-refractivity contribution in [3.05, 3.63) is 29.2 Å². The van der Waals surface area contributed by atoms with Crippen LogP contribution in [0.3, 0.4) is 0 Å². The van der Waals surface area contributed by atoms with E-state index in [1.165, 1.54) is 0 Å². The third kappa shape index (κ3) is 4.81. The maximum Gasteiger partial charge on any atom is 0.317 e. The normalized spacial score (nSPS) is 11.3. The van der Waals surface area contributed by atoms with Crippen molar-refractivity contribution in [1.29, 1.82) is 0 Å². The number of aromatic nitrogens is 3. The number of carbonyl (C=O) groups excluding carboxylic acids is 1. The van der Waals surface area contributed by atoms with E-state index in [-0.39, 0.29) is 17.9 Å². The van der Waals surface area contributed by atoms with Crippen LogP contribution in [-0.4, -0.2) is 39.8 Å². The van der Waals surface area contributed by atoms with Crippen molar-refractivity contribution in [2.24, 2.45) is 0 Å². The maximum absolute atomic E-state index is 12.1. The van der Waals surface area contributed by atoms with Crippen LogP contribution in [0.2, 0.25) is 0 Å². The molecular weight excluding hydrogens is 310 g/mol. The highest BCUT2D eigenvalue weighted by Crippen LogP contribution is 2.15. The zero-order valence-electron chi connectivity index (χ0n) is 14.9. The van der Waals surface area contributed by atoms with Gasteiger partial charge in [-0.2, -0.15) is 4.98 Å². The van der Waals surface area contributed by atoms with Crippen molar-refractivity contribution in [3.63, 3.8) is 0 Å². The minimum atomic E-state index is -0.184. The van der Waals surface area contributed by atoms with Crippen LogP contribution >= 0.6 is 0 Å². The molecule has 8 heteroatoms. The number of urea groups is 1. The molecule has 0 aliphatic rings. The summed E-state index contributed by atoms with van der Waals surface area (Å²) >= 11 is 0. The van der Waals surface area contributed by atoms with Gasteiger partial charge in [-0.3, -0.25) is 0 Å². The molecule has 0 spiro atoms. The fourth-order valence-electron chi connectivity index (χ4n) is 1.96. The summed E-state index contributed by atoms with van der Waals surface area (Å²) in [6.45, 7) is 8.87. The second kappa shape index (κ2) is 7.94. The first-order valence-corrected chi connectivity index (χ1v) is 8.13. The molecule has 0 aliphatic heterocycles. The highest BCUT2D eigenvalue weighted by molar-refractivity contribution is 5.73. The van der Waals surface area contributed by atoms with Crippen LogP contribution in [0.25, 0.3) is 0 Å². The molecule has 2 amide bonds. The summed E-state index contributed by atoms with van der Waals surface area (Å²) in [5.74, 6) is 2.51. The zero-order valence-corrected chi connectivity index (χ0v) is 14.9. The summed E-state index contributed by atoms with van der Waals surface area (Å²) in [6.07, 6.45) is 0.543. The number of amides is 2. The van der Waals surface area contributed by atoms with Gasteiger partial charge in [-0.05, 0) is 0 Å². The Kier molecular flexibility index (Phi) is 5.94. The molecule has 1 N–H and O–H groups in total. The molecule has 0 atom stereocenters. The van der Waals surface area contributed by atoms with Crippen LogP contribution in [0, 0.1) is 0 Å². The predicted molar refractivity (Wildman–Crippen MR) is 87.5 cm³/mol. The SMILES string of the molecule is CC(C)c1cc(CNC(=O)N(C)CCc2noc(C(C)C)n2)no1. The second-order valence-electron chi connectivity index (χ2n) is 6.41. The molecule has 0 saturated heterocycles. The van der Waals surface area contributed by atoms with Crippen LogP contribution < -0.4 is 5.32 Å². The quantitative estimate of drug-likeness (QED) is 0.835. The molecule has 0 aromatic carbocycles. The third-order valence-electron chi connectivity index (χ3n) is 3.56. The lowest BCUT2D eigenvalue weighted by Gasteiger charge is -2.16. The molecule has 132 valence electrons. The summed E-state index contributed by atoms with van der Waals surface area (Å²) in [4.78, 5) is 18.0. The molecule has 0 fully saturated rings. The van der Waals surface area contributed by atoms with Gasteiger partial charge < -0.3 is 19.3 Å². The monoisotopic (exact) mass is 335 g/mol. The van der Waals surface area contributed by atoms with Crippen molar-refractivity contribution in [2.75, 3.05) is 13.6 Å². The Bertz CT molecular complexity index is 662. The third-order valence-corrected chi connectivity index (χ3v) is 3.56. The van der Waals surface area contributed by atoms with E-state index in [1.54, 1.807) is 11.9 Å². The van der Waals surface area contributed by atoms with Gasteiger partial charge in [0.25, 0.3) is 0 Å². The Hall–Kier alpha value is -2.38. The largest absolute Gasteiger partial charge is 0.361 e. The molecule has 0 unspecified atom stereocenters. The van der Waals surface area contributed by atoms with Crippen molar-refractivity contribution in [3.8, 4) is 0 Å². The maximum atomic E-state index is 12.1. The lowest BCUT2D eigenvalue weighted by molar-refractivity contribution is 0.208. The lowest BCUT2D eigenvalue weighted by atomic mass is 10.1. The van der Waals surface area contributed by atoms with Crippen LogP contribution in [0.15, 0.2) is 15.1 Å².